The van der Waals surface area contributed by atoms with Crippen LogP contribution in [0.5, 0.6) is 11.6 Å². The van der Waals surface area contributed by atoms with Gasteiger partial charge < -0.3 is 20.4 Å². The van der Waals surface area contributed by atoms with E-state index in [0.29, 0.717) is 39.4 Å². The minimum Gasteiger partial charge on any atom is -0.439 e. The number of benzene rings is 2. The molecule has 0 fully saturated rings. The monoisotopic (exact) mass is 510 g/mol. The van der Waals surface area contributed by atoms with Crippen molar-refractivity contribution in [2.75, 3.05) is 11.1 Å². The minimum absolute atomic E-state index is 0.225. The highest BCUT2D eigenvalue weighted by atomic mass is 35.5. The van der Waals surface area contributed by atoms with Crippen molar-refractivity contribution in [3.05, 3.63) is 90.4 Å². The largest absolute Gasteiger partial charge is 0.439 e. The van der Waals surface area contributed by atoms with Gasteiger partial charge in [0.2, 0.25) is 5.88 Å². The van der Waals surface area contributed by atoms with Gasteiger partial charge >= 0.3 is 0 Å². The molecule has 9 heteroatoms. The molecule has 184 valence electrons. The SMILES string of the molecule is C=C(C)C(=O)Nc1ccc(-c2c(-c3ccc(Oc4ccc(Cl)cn4)cc3)c3c(N)ncnc3n2C)cc1. The highest BCUT2D eigenvalue weighted by molar-refractivity contribution is 6.30. The predicted molar refractivity (Wildman–Crippen MR) is 147 cm³/mol. The summed E-state index contributed by atoms with van der Waals surface area (Å²) in [7, 11) is 1.94. The van der Waals surface area contributed by atoms with Crippen LogP contribution in [0.15, 0.2) is 85.3 Å². The van der Waals surface area contributed by atoms with Gasteiger partial charge in [0.25, 0.3) is 5.91 Å². The molecule has 0 spiro atoms. The molecule has 0 bridgehead atoms. The second-order valence-corrected chi connectivity index (χ2v) is 8.93. The fraction of sp³-hybridized carbons (Fsp3) is 0.0714. The molecule has 0 atom stereocenters. The molecule has 0 saturated carbocycles. The van der Waals surface area contributed by atoms with Gasteiger partial charge in [-0.3, -0.25) is 4.79 Å². The van der Waals surface area contributed by atoms with E-state index in [9.17, 15) is 4.79 Å². The Labute approximate surface area is 218 Å². The maximum Gasteiger partial charge on any atom is 0.250 e. The lowest BCUT2D eigenvalue weighted by atomic mass is 9.98. The summed E-state index contributed by atoms with van der Waals surface area (Å²) < 4.78 is 7.84. The molecule has 2 aromatic carbocycles. The number of rotatable bonds is 6. The molecule has 0 unspecified atom stereocenters. The molecular weight excluding hydrogens is 488 g/mol. The van der Waals surface area contributed by atoms with Crippen molar-refractivity contribution >= 4 is 40.0 Å². The topological polar surface area (TPSA) is 108 Å². The molecule has 0 aliphatic carbocycles. The van der Waals surface area contributed by atoms with Gasteiger partial charge in [-0.2, -0.15) is 0 Å². The van der Waals surface area contributed by atoms with E-state index in [1.807, 2.05) is 60.1 Å². The Morgan fingerprint density at radius 1 is 1.00 bits per heavy atom. The van der Waals surface area contributed by atoms with Crippen molar-refractivity contribution in [1.29, 1.82) is 0 Å². The smallest absolute Gasteiger partial charge is 0.250 e. The van der Waals surface area contributed by atoms with E-state index >= 15 is 0 Å². The van der Waals surface area contributed by atoms with Crippen molar-refractivity contribution in [3.8, 4) is 34.0 Å². The first kappa shape index (κ1) is 24.0. The van der Waals surface area contributed by atoms with E-state index in [1.54, 1.807) is 19.1 Å². The van der Waals surface area contributed by atoms with Gasteiger partial charge in [0, 0.05) is 36.1 Å². The number of nitrogens with one attached hydrogen (secondary N) is 1. The molecule has 3 heterocycles. The lowest BCUT2D eigenvalue weighted by molar-refractivity contribution is -0.112. The zero-order valence-electron chi connectivity index (χ0n) is 20.2. The molecule has 5 rings (SSSR count). The van der Waals surface area contributed by atoms with E-state index in [2.05, 4.69) is 26.8 Å². The van der Waals surface area contributed by atoms with Crippen LogP contribution in [0.4, 0.5) is 11.5 Å². The second kappa shape index (κ2) is 9.75. The summed E-state index contributed by atoms with van der Waals surface area (Å²) in [6, 6.07) is 18.7. The van der Waals surface area contributed by atoms with E-state index in [1.165, 1.54) is 12.5 Å². The van der Waals surface area contributed by atoms with Crippen molar-refractivity contribution in [3.63, 3.8) is 0 Å². The van der Waals surface area contributed by atoms with Crippen LogP contribution in [0, 0.1) is 0 Å². The molecule has 37 heavy (non-hydrogen) atoms. The molecule has 3 aromatic heterocycles. The fourth-order valence-electron chi connectivity index (χ4n) is 4.08. The van der Waals surface area contributed by atoms with Crippen LogP contribution in [0.1, 0.15) is 6.92 Å². The number of carbonyl (C=O) groups is 1. The van der Waals surface area contributed by atoms with Crippen molar-refractivity contribution in [2.45, 2.75) is 6.92 Å². The summed E-state index contributed by atoms with van der Waals surface area (Å²) in [5, 5.41) is 4.13. The summed E-state index contributed by atoms with van der Waals surface area (Å²) in [4.78, 5) is 24.9. The third-order valence-electron chi connectivity index (χ3n) is 5.87. The van der Waals surface area contributed by atoms with Gasteiger partial charge in [0.15, 0.2) is 0 Å². The Morgan fingerprint density at radius 2 is 1.70 bits per heavy atom. The Kier molecular flexibility index (Phi) is 6.33. The van der Waals surface area contributed by atoms with Crippen LogP contribution in [-0.2, 0) is 11.8 Å². The Hall–Kier alpha value is -4.69. The van der Waals surface area contributed by atoms with Crippen molar-refractivity contribution in [1.82, 2.24) is 19.5 Å². The van der Waals surface area contributed by atoms with Crippen LogP contribution < -0.4 is 15.8 Å². The number of aryl methyl sites for hydroxylation is 1. The Morgan fingerprint density at radius 3 is 2.35 bits per heavy atom. The number of nitrogens with two attached hydrogens (primary N) is 1. The van der Waals surface area contributed by atoms with Crippen LogP contribution in [0.3, 0.4) is 0 Å². The number of fused-ring (bicyclic) bond motifs is 1. The van der Waals surface area contributed by atoms with Crippen LogP contribution in [0.25, 0.3) is 33.4 Å². The summed E-state index contributed by atoms with van der Waals surface area (Å²) in [5.74, 6) is 1.23. The van der Waals surface area contributed by atoms with E-state index in [0.717, 1.165) is 27.8 Å². The first-order valence-electron chi connectivity index (χ1n) is 11.4. The third kappa shape index (κ3) is 4.74. The highest BCUT2D eigenvalue weighted by Crippen LogP contribution is 2.42. The zero-order chi connectivity index (χ0) is 26.1. The molecule has 0 radical (unpaired) electrons. The van der Waals surface area contributed by atoms with Gasteiger partial charge in [0.1, 0.15) is 23.5 Å². The fourth-order valence-corrected chi connectivity index (χ4v) is 4.19. The maximum atomic E-state index is 12.0. The number of hydrogen-bond acceptors (Lipinski definition) is 6. The average Bonchev–Trinajstić information content (AvgIpc) is 3.20. The molecule has 3 N–H and O–H groups in total. The summed E-state index contributed by atoms with van der Waals surface area (Å²) in [5.41, 5.74) is 11.8. The number of hydrogen-bond donors (Lipinski definition) is 2. The zero-order valence-corrected chi connectivity index (χ0v) is 21.0. The molecule has 0 aliphatic rings. The molecule has 0 saturated heterocycles. The van der Waals surface area contributed by atoms with Crippen LogP contribution in [-0.4, -0.2) is 25.4 Å². The molecule has 1 amide bonds. The second-order valence-electron chi connectivity index (χ2n) is 8.49. The predicted octanol–water partition coefficient (Wildman–Crippen LogP) is 6.24. The molecule has 5 aromatic rings. The average molecular weight is 511 g/mol. The van der Waals surface area contributed by atoms with Crippen molar-refractivity contribution in [2.24, 2.45) is 7.05 Å². The third-order valence-corrected chi connectivity index (χ3v) is 6.09. The van der Waals surface area contributed by atoms with E-state index in [-0.39, 0.29) is 5.91 Å². The lowest BCUT2D eigenvalue weighted by Gasteiger charge is -2.11. The van der Waals surface area contributed by atoms with E-state index < -0.39 is 0 Å². The minimum atomic E-state index is -0.225. The first-order valence-corrected chi connectivity index (χ1v) is 11.8. The van der Waals surface area contributed by atoms with Crippen LogP contribution >= 0.6 is 11.6 Å². The number of ether oxygens (including phenoxy) is 1. The number of nitrogen functional groups attached to an aromatic ring is 1. The summed E-state index contributed by atoms with van der Waals surface area (Å²) >= 11 is 5.91. The number of aromatic nitrogens is 4. The maximum absolute atomic E-state index is 12.0. The number of pyridine rings is 1. The van der Waals surface area contributed by atoms with Gasteiger partial charge in [0.05, 0.1) is 16.1 Å². The number of nitrogens with zero attached hydrogens (tertiary/aromatic N) is 4. The number of anilines is 2. The summed E-state index contributed by atoms with van der Waals surface area (Å²) in [6.45, 7) is 5.35. The lowest BCUT2D eigenvalue weighted by Crippen LogP contribution is -2.11. The Bertz CT molecular complexity index is 1630. The molecule has 8 nitrogen and oxygen atoms in total. The quantitative estimate of drug-likeness (QED) is 0.262. The van der Waals surface area contributed by atoms with Gasteiger partial charge in [-0.05, 0) is 48.4 Å². The van der Waals surface area contributed by atoms with Crippen molar-refractivity contribution < 1.29 is 9.53 Å². The molecule has 0 aliphatic heterocycles. The standard InChI is InChI=1S/C28H23ClN6O2/c1-16(2)28(36)34-20-9-4-18(5-10-20)25-23(24-26(30)32-15-33-27(24)35(25)3)17-6-11-21(12-7-17)37-22-13-8-19(29)14-31-22/h4-15H,1H2,2-3H3,(H,34,36)(H2,30,32,33). The number of halogens is 1. The van der Waals surface area contributed by atoms with E-state index in [4.69, 9.17) is 22.1 Å². The molecular formula is C28H23ClN6O2. The Balaban J connectivity index is 1.57. The first-order chi connectivity index (χ1) is 17.8. The summed E-state index contributed by atoms with van der Waals surface area (Å²) in [6.07, 6.45) is 2.99. The number of carbonyl (C=O) groups excluding carboxylic acids is 1. The highest BCUT2D eigenvalue weighted by Gasteiger charge is 2.22. The van der Waals surface area contributed by atoms with Crippen LogP contribution in [0.2, 0.25) is 5.02 Å². The van der Waals surface area contributed by atoms with Gasteiger partial charge in [-0.25, -0.2) is 15.0 Å². The normalized spacial score (nSPS) is 10.9. The number of amides is 1. The van der Waals surface area contributed by atoms with Gasteiger partial charge in [-0.15, -0.1) is 0 Å². The van der Waals surface area contributed by atoms with Gasteiger partial charge in [-0.1, -0.05) is 42.4 Å².